The van der Waals surface area contributed by atoms with E-state index >= 15 is 0 Å². The van der Waals surface area contributed by atoms with E-state index < -0.39 is 11.0 Å². The molecule has 0 fully saturated rings. The lowest BCUT2D eigenvalue weighted by Gasteiger charge is -1.88. The number of carbonyl (C=O) groups is 2. The monoisotopic (exact) mass is 208 g/mol. The predicted octanol–water partition coefficient (Wildman–Crippen LogP) is 2.35. The highest BCUT2D eigenvalue weighted by Gasteiger charge is 2.17. The lowest BCUT2D eigenvalue weighted by Crippen LogP contribution is -2.05. The van der Waals surface area contributed by atoms with Crippen LogP contribution in [0.15, 0.2) is 11.4 Å². The molecule has 0 amide bonds. The molecule has 0 N–H and O–H groups in total. The molecule has 5 heteroatoms. The Hall–Kier alpha value is -0.380. The van der Waals surface area contributed by atoms with Crippen molar-refractivity contribution in [1.82, 2.24) is 0 Å². The predicted molar refractivity (Wildman–Crippen MR) is 44.5 cm³/mol. The molecule has 0 aromatic carbocycles. The topological polar surface area (TPSA) is 34.1 Å². The van der Waals surface area contributed by atoms with Crippen molar-refractivity contribution in [3.8, 4) is 0 Å². The van der Waals surface area contributed by atoms with E-state index in [2.05, 4.69) is 0 Å². The quantitative estimate of drug-likeness (QED) is 0.425. The third-order valence-corrected chi connectivity index (χ3v) is 2.51. The molecular weight excluding hydrogens is 207 g/mol. The first-order valence-electron chi connectivity index (χ1n) is 2.60. The third kappa shape index (κ3) is 1.80. The van der Waals surface area contributed by atoms with Crippen LogP contribution in [0.2, 0.25) is 5.02 Å². The van der Waals surface area contributed by atoms with Crippen LogP contribution in [0, 0.1) is 0 Å². The Labute approximate surface area is 76.7 Å². The second kappa shape index (κ2) is 3.34. The molecule has 0 spiro atoms. The molecule has 1 aromatic rings. The lowest BCUT2D eigenvalue weighted by atomic mass is 10.3. The van der Waals surface area contributed by atoms with E-state index in [9.17, 15) is 9.59 Å². The van der Waals surface area contributed by atoms with Crippen molar-refractivity contribution in [2.75, 3.05) is 0 Å². The minimum Gasteiger partial charge on any atom is -0.283 e. The second-order valence-electron chi connectivity index (χ2n) is 1.70. The van der Waals surface area contributed by atoms with Gasteiger partial charge in [0.1, 0.15) is 0 Å². The Morgan fingerprint density at radius 2 is 2.09 bits per heavy atom. The van der Waals surface area contributed by atoms with Crippen LogP contribution in [0.5, 0.6) is 0 Å². The van der Waals surface area contributed by atoms with Gasteiger partial charge in [-0.25, -0.2) is 0 Å². The molecule has 0 atom stereocenters. The Bertz CT molecular complexity index is 305. The lowest BCUT2D eigenvalue weighted by molar-refractivity contribution is -0.108. The van der Waals surface area contributed by atoms with Gasteiger partial charge in [0.15, 0.2) is 0 Å². The van der Waals surface area contributed by atoms with E-state index in [4.69, 9.17) is 23.2 Å². The summed E-state index contributed by atoms with van der Waals surface area (Å²) in [5, 5.41) is 0.887. The van der Waals surface area contributed by atoms with Gasteiger partial charge in [-0.05, 0) is 23.0 Å². The number of Topliss-reactive ketones (excluding diaryl/α,β-unsaturated/α-hetero) is 1. The highest BCUT2D eigenvalue weighted by molar-refractivity contribution is 7.14. The summed E-state index contributed by atoms with van der Waals surface area (Å²) in [4.78, 5) is 21.4. The highest BCUT2D eigenvalue weighted by Crippen LogP contribution is 2.22. The van der Waals surface area contributed by atoms with Crippen molar-refractivity contribution in [2.24, 2.45) is 0 Å². The van der Waals surface area contributed by atoms with Crippen LogP contribution in [0.3, 0.4) is 0 Å². The van der Waals surface area contributed by atoms with Gasteiger partial charge in [0.25, 0.3) is 11.0 Å². The minimum absolute atomic E-state index is 0.201. The fraction of sp³-hybridized carbons (Fsp3) is 0. The van der Waals surface area contributed by atoms with E-state index in [1.165, 1.54) is 0 Å². The molecular formula is C6H2Cl2O2S. The summed E-state index contributed by atoms with van der Waals surface area (Å²) in [7, 11) is 0. The van der Waals surface area contributed by atoms with Gasteiger partial charge < -0.3 is 0 Å². The molecule has 0 bridgehead atoms. The van der Waals surface area contributed by atoms with Gasteiger partial charge in [0.2, 0.25) is 0 Å². The fourth-order valence-electron chi connectivity index (χ4n) is 0.545. The number of halogens is 2. The largest absolute Gasteiger partial charge is 0.294 e. The molecule has 1 rings (SSSR count). The number of hydrogen-bond donors (Lipinski definition) is 0. The van der Waals surface area contributed by atoms with Gasteiger partial charge in [-0.3, -0.25) is 9.59 Å². The number of rotatable bonds is 2. The summed E-state index contributed by atoms with van der Waals surface area (Å²) < 4.78 is 0. The Balaban J connectivity index is 3.02. The van der Waals surface area contributed by atoms with Crippen LogP contribution in [0.25, 0.3) is 0 Å². The average Bonchev–Trinajstić information content (AvgIpc) is 2.33. The molecule has 1 heterocycles. The maximum absolute atomic E-state index is 10.9. The number of ketones is 1. The summed E-state index contributed by atoms with van der Waals surface area (Å²) in [5.41, 5.74) is 0. The van der Waals surface area contributed by atoms with Crippen molar-refractivity contribution in [2.45, 2.75) is 0 Å². The maximum atomic E-state index is 10.9. The summed E-state index contributed by atoms with van der Waals surface area (Å²) in [6, 6.07) is 1.54. The zero-order valence-corrected chi connectivity index (χ0v) is 7.46. The van der Waals surface area contributed by atoms with Crippen LogP contribution in [0.1, 0.15) is 9.67 Å². The summed E-state index contributed by atoms with van der Waals surface area (Å²) >= 11 is 11.6. The Morgan fingerprint density at radius 1 is 1.45 bits per heavy atom. The normalized spacial score (nSPS) is 9.64. The summed E-state index contributed by atoms with van der Waals surface area (Å²) in [6.45, 7) is 0. The number of thiophene rings is 1. The van der Waals surface area contributed by atoms with Gasteiger partial charge in [-0.2, -0.15) is 0 Å². The van der Waals surface area contributed by atoms with E-state index in [1.807, 2.05) is 0 Å². The molecule has 58 valence electrons. The van der Waals surface area contributed by atoms with Crippen molar-refractivity contribution < 1.29 is 9.59 Å². The molecule has 0 radical (unpaired) electrons. The molecule has 0 aliphatic heterocycles. The van der Waals surface area contributed by atoms with Gasteiger partial charge >= 0.3 is 0 Å². The molecule has 0 aliphatic rings. The van der Waals surface area contributed by atoms with E-state index in [0.29, 0.717) is 0 Å². The van der Waals surface area contributed by atoms with Gasteiger partial charge in [0, 0.05) is 0 Å². The molecule has 0 saturated heterocycles. The Kier molecular flexibility index (Phi) is 2.65. The van der Waals surface area contributed by atoms with E-state index in [0.717, 1.165) is 11.3 Å². The van der Waals surface area contributed by atoms with Crippen LogP contribution < -0.4 is 0 Å². The molecule has 0 aliphatic carbocycles. The first-order chi connectivity index (χ1) is 5.13. The molecule has 0 unspecified atom stereocenters. The number of hydrogen-bond acceptors (Lipinski definition) is 3. The molecule has 2 nitrogen and oxygen atoms in total. The van der Waals surface area contributed by atoms with Crippen LogP contribution >= 0.6 is 34.5 Å². The van der Waals surface area contributed by atoms with Crippen LogP contribution in [0.4, 0.5) is 0 Å². The van der Waals surface area contributed by atoms with Gasteiger partial charge in [0.05, 0.1) is 9.90 Å². The highest BCUT2D eigenvalue weighted by atomic mass is 35.5. The second-order valence-corrected chi connectivity index (χ2v) is 3.37. The standard InChI is InChI=1S/C6H2Cl2O2S/c7-3-1-2-11-5(3)4(9)6(8)10/h1-2H. The van der Waals surface area contributed by atoms with Crippen molar-refractivity contribution >= 4 is 45.6 Å². The zero-order chi connectivity index (χ0) is 8.43. The van der Waals surface area contributed by atoms with Crippen molar-refractivity contribution in [1.29, 1.82) is 0 Å². The fourth-order valence-corrected chi connectivity index (χ4v) is 1.77. The van der Waals surface area contributed by atoms with Crippen molar-refractivity contribution in [3.05, 3.63) is 21.3 Å². The van der Waals surface area contributed by atoms with Gasteiger partial charge in [-0.1, -0.05) is 11.6 Å². The van der Waals surface area contributed by atoms with Crippen LogP contribution in [-0.2, 0) is 4.79 Å². The first kappa shape index (κ1) is 8.71. The minimum atomic E-state index is -1.01. The summed E-state index contributed by atoms with van der Waals surface area (Å²) in [6.07, 6.45) is 0. The smallest absolute Gasteiger partial charge is 0.283 e. The number of carbonyl (C=O) groups excluding carboxylic acids is 2. The van der Waals surface area contributed by atoms with Gasteiger partial charge in [-0.15, -0.1) is 11.3 Å². The summed E-state index contributed by atoms with van der Waals surface area (Å²) in [5.74, 6) is -0.744. The van der Waals surface area contributed by atoms with E-state index in [-0.39, 0.29) is 9.90 Å². The first-order valence-corrected chi connectivity index (χ1v) is 4.23. The molecule has 11 heavy (non-hydrogen) atoms. The Morgan fingerprint density at radius 3 is 2.45 bits per heavy atom. The van der Waals surface area contributed by atoms with Crippen molar-refractivity contribution in [3.63, 3.8) is 0 Å². The average molecular weight is 209 g/mol. The third-order valence-electron chi connectivity index (χ3n) is 1.00. The SMILES string of the molecule is O=C(Cl)C(=O)c1sccc1Cl. The maximum Gasteiger partial charge on any atom is 0.294 e. The van der Waals surface area contributed by atoms with Crippen LogP contribution in [-0.4, -0.2) is 11.0 Å². The van der Waals surface area contributed by atoms with E-state index in [1.54, 1.807) is 11.4 Å². The zero-order valence-electron chi connectivity index (χ0n) is 5.14. The molecule has 0 saturated carbocycles. The molecule has 1 aromatic heterocycles.